The molecule has 0 amide bonds. The molecule has 0 unspecified atom stereocenters. The van der Waals surface area contributed by atoms with E-state index in [1.54, 1.807) is 6.20 Å². The molecule has 1 aromatic heterocycles. The van der Waals surface area contributed by atoms with Gasteiger partial charge in [-0.05, 0) is 38.3 Å². The van der Waals surface area contributed by atoms with Gasteiger partial charge in [-0.3, -0.25) is 0 Å². The second-order valence-electron chi connectivity index (χ2n) is 6.06. The number of ether oxygens (including phenoxy) is 1. The Hall–Kier alpha value is -2.37. The number of nitrogens with one attached hydrogen (secondary N) is 2. The molecule has 23 heavy (non-hydrogen) atoms. The minimum Gasteiger partial charge on any atom is -0.489 e. The SMILES string of the molecule is CC(C)CCNc1nncc(Nc2ccccc2OC(C)C)n1. The number of para-hydroxylation sites is 2. The molecule has 0 saturated heterocycles. The number of hydrogen-bond donors (Lipinski definition) is 2. The van der Waals surface area contributed by atoms with Crippen molar-refractivity contribution in [2.75, 3.05) is 17.2 Å². The Bertz CT molecular complexity index is 615. The van der Waals surface area contributed by atoms with Crippen LogP contribution in [0, 0.1) is 5.92 Å². The maximum atomic E-state index is 5.80. The number of hydrogen-bond acceptors (Lipinski definition) is 6. The Morgan fingerprint density at radius 3 is 2.65 bits per heavy atom. The van der Waals surface area contributed by atoms with Crippen LogP contribution in [0.2, 0.25) is 0 Å². The number of aromatic nitrogens is 3. The molecule has 6 nitrogen and oxygen atoms in total. The summed E-state index contributed by atoms with van der Waals surface area (Å²) in [5.74, 6) is 2.58. The van der Waals surface area contributed by atoms with Crippen molar-refractivity contribution in [1.29, 1.82) is 0 Å². The normalized spacial score (nSPS) is 10.9. The van der Waals surface area contributed by atoms with Crippen LogP contribution in [0.1, 0.15) is 34.1 Å². The number of anilines is 3. The first-order valence-corrected chi connectivity index (χ1v) is 8.01. The lowest BCUT2D eigenvalue weighted by atomic mass is 10.1. The van der Waals surface area contributed by atoms with E-state index in [0.717, 1.165) is 24.4 Å². The van der Waals surface area contributed by atoms with Crippen LogP contribution in [0.25, 0.3) is 0 Å². The number of rotatable bonds is 8. The molecule has 1 heterocycles. The van der Waals surface area contributed by atoms with Crippen LogP contribution in [0.15, 0.2) is 30.5 Å². The molecule has 2 aromatic rings. The average Bonchev–Trinajstić information content (AvgIpc) is 2.49. The zero-order chi connectivity index (χ0) is 16.7. The molecule has 2 rings (SSSR count). The summed E-state index contributed by atoms with van der Waals surface area (Å²) in [4.78, 5) is 4.43. The van der Waals surface area contributed by atoms with Crippen molar-refractivity contribution in [1.82, 2.24) is 15.2 Å². The van der Waals surface area contributed by atoms with Gasteiger partial charge in [0.05, 0.1) is 18.0 Å². The minimum atomic E-state index is 0.106. The predicted octanol–water partition coefficient (Wildman–Crippen LogP) is 3.86. The van der Waals surface area contributed by atoms with E-state index in [1.165, 1.54) is 0 Å². The monoisotopic (exact) mass is 315 g/mol. The first-order valence-electron chi connectivity index (χ1n) is 8.01. The fraction of sp³-hybridized carbons (Fsp3) is 0.471. The van der Waals surface area contributed by atoms with E-state index in [-0.39, 0.29) is 6.10 Å². The summed E-state index contributed by atoms with van der Waals surface area (Å²) in [6.07, 6.45) is 2.76. The van der Waals surface area contributed by atoms with Crippen molar-refractivity contribution in [3.05, 3.63) is 30.5 Å². The molecular weight excluding hydrogens is 290 g/mol. The largest absolute Gasteiger partial charge is 0.489 e. The van der Waals surface area contributed by atoms with Gasteiger partial charge in [-0.2, -0.15) is 10.1 Å². The molecule has 0 bridgehead atoms. The highest BCUT2D eigenvalue weighted by atomic mass is 16.5. The molecular formula is C17H25N5O. The van der Waals surface area contributed by atoms with Gasteiger partial charge in [-0.15, -0.1) is 5.10 Å². The highest BCUT2D eigenvalue weighted by Gasteiger charge is 2.07. The minimum absolute atomic E-state index is 0.106. The lowest BCUT2D eigenvalue weighted by Crippen LogP contribution is -2.10. The first-order chi connectivity index (χ1) is 11.0. The van der Waals surface area contributed by atoms with Gasteiger partial charge in [0.2, 0.25) is 5.95 Å². The Balaban J connectivity index is 2.06. The molecule has 0 saturated carbocycles. The fourth-order valence-corrected chi connectivity index (χ4v) is 1.98. The number of nitrogens with zero attached hydrogens (tertiary/aromatic N) is 3. The van der Waals surface area contributed by atoms with E-state index in [9.17, 15) is 0 Å². The molecule has 0 aliphatic heterocycles. The van der Waals surface area contributed by atoms with Crippen molar-refractivity contribution in [2.45, 2.75) is 40.2 Å². The first kappa shape index (κ1) is 17.0. The second kappa shape index (κ2) is 8.31. The highest BCUT2D eigenvalue weighted by molar-refractivity contribution is 5.64. The van der Waals surface area contributed by atoms with E-state index in [1.807, 2.05) is 38.1 Å². The summed E-state index contributed by atoms with van der Waals surface area (Å²) in [5.41, 5.74) is 0.856. The van der Waals surface area contributed by atoms with E-state index >= 15 is 0 Å². The Morgan fingerprint density at radius 1 is 1.13 bits per heavy atom. The van der Waals surface area contributed by atoms with Gasteiger partial charge in [0.25, 0.3) is 0 Å². The molecule has 1 aromatic carbocycles. The molecule has 0 atom stereocenters. The maximum Gasteiger partial charge on any atom is 0.244 e. The lowest BCUT2D eigenvalue weighted by molar-refractivity contribution is 0.244. The van der Waals surface area contributed by atoms with Gasteiger partial charge in [-0.25, -0.2) is 0 Å². The molecule has 0 radical (unpaired) electrons. The van der Waals surface area contributed by atoms with Gasteiger partial charge in [-0.1, -0.05) is 26.0 Å². The summed E-state index contributed by atoms with van der Waals surface area (Å²) in [6.45, 7) is 9.20. The highest BCUT2D eigenvalue weighted by Crippen LogP contribution is 2.27. The molecule has 2 N–H and O–H groups in total. The van der Waals surface area contributed by atoms with Gasteiger partial charge in [0.1, 0.15) is 5.75 Å². The van der Waals surface area contributed by atoms with Crippen LogP contribution >= 0.6 is 0 Å². The standard InChI is InChI=1S/C17H25N5O/c1-12(2)9-10-18-17-21-16(11-19-22-17)20-14-7-5-6-8-15(14)23-13(3)4/h5-8,11-13H,9-10H2,1-4H3,(H2,18,20,21,22). The smallest absolute Gasteiger partial charge is 0.244 e. The second-order valence-corrected chi connectivity index (χ2v) is 6.06. The zero-order valence-corrected chi connectivity index (χ0v) is 14.2. The lowest BCUT2D eigenvalue weighted by Gasteiger charge is -2.15. The summed E-state index contributed by atoms with van der Waals surface area (Å²) >= 11 is 0. The Labute approximate surface area is 137 Å². The van der Waals surface area contributed by atoms with E-state index < -0.39 is 0 Å². The van der Waals surface area contributed by atoms with Crippen molar-refractivity contribution in [3.63, 3.8) is 0 Å². The number of benzene rings is 1. The molecule has 124 valence electrons. The predicted molar refractivity (Wildman–Crippen MR) is 93.3 cm³/mol. The zero-order valence-electron chi connectivity index (χ0n) is 14.2. The molecule has 0 aliphatic carbocycles. The van der Waals surface area contributed by atoms with Crippen LogP contribution < -0.4 is 15.4 Å². The topological polar surface area (TPSA) is 72.0 Å². The van der Waals surface area contributed by atoms with Gasteiger partial charge in [0, 0.05) is 6.54 Å². The van der Waals surface area contributed by atoms with Crippen LogP contribution in [0.5, 0.6) is 5.75 Å². The summed E-state index contributed by atoms with van der Waals surface area (Å²) in [6, 6.07) is 7.77. The van der Waals surface area contributed by atoms with Gasteiger partial charge >= 0.3 is 0 Å². The van der Waals surface area contributed by atoms with E-state index in [4.69, 9.17) is 4.74 Å². The molecule has 0 fully saturated rings. The molecule has 0 spiro atoms. The van der Waals surface area contributed by atoms with Crippen molar-refractivity contribution >= 4 is 17.5 Å². The summed E-state index contributed by atoms with van der Waals surface area (Å²) in [7, 11) is 0. The van der Waals surface area contributed by atoms with Crippen LogP contribution in [0.4, 0.5) is 17.5 Å². The van der Waals surface area contributed by atoms with E-state index in [0.29, 0.717) is 17.7 Å². The van der Waals surface area contributed by atoms with Crippen LogP contribution in [-0.2, 0) is 0 Å². The van der Waals surface area contributed by atoms with E-state index in [2.05, 4.69) is 39.7 Å². The van der Waals surface area contributed by atoms with Crippen LogP contribution in [-0.4, -0.2) is 27.8 Å². The molecule has 0 aliphatic rings. The Morgan fingerprint density at radius 2 is 1.91 bits per heavy atom. The average molecular weight is 315 g/mol. The molecule has 6 heteroatoms. The van der Waals surface area contributed by atoms with Crippen molar-refractivity contribution < 1.29 is 4.74 Å². The fourth-order valence-electron chi connectivity index (χ4n) is 1.98. The summed E-state index contributed by atoms with van der Waals surface area (Å²) in [5, 5.41) is 14.4. The summed E-state index contributed by atoms with van der Waals surface area (Å²) < 4.78 is 5.80. The maximum absolute atomic E-state index is 5.80. The van der Waals surface area contributed by atoms with Crippen molar-refractivity contribution in [3.8, 4) is 5.75 Å². The van der Waals surface area contributed by atoms with Gasteiger partial charge < -0.3 is 15.4 Å². The van der Waals surface area contributed by atoms with Crippen molar-refractivity contribution in [2.24, 2.45) is 5.92 Å². The third-order valence-electron chi connectivity index (χ3n) is 3.08. The third kappa shape index (κ3) is 5.73. The third-order valence-corrected chi connectivity index (χ3v) is 3.08. The van der Waals surface area contributed by atoms with Gasteiger partial charge in [0.15, 0.2) is 5.82 Å². The van der Waals surface area contributed by atoms with Crippen LogP contribution in [0.3, 0.4) is 0 Å². The Kier molecular flexibility index (Phi) is 6.14. The quantitative estimate of drug-likeness (QED) is 0.770.